The summed E-state index contributed by atoms with van der Waals surface area (Å²) in [6.07, 6.45) is 0. The van der Waals surface area contributed by atoms with Crippen LogP contribution < -0.4 is 14.4 Å². The molecule has 0 aliphatic carbocycles. The van der Waals surface area contributed by atoms with Crippen LogP contribution in [0.5, 0.6) is 11.5 Å². The topological polar surface area (TPSA) is 60.3 Å². The molecule has 152 valence electrons. The largest absolute Gasteiger partial charge is 0.493 e. The minimum absolute atomic E-state index is 0.173. The first-order valence-corrected chi connectivity index (χ1v) is 10.6. The molecule has 8 heteroatoms. The van der Waals surface area contributed by atoms with Crippen LogP contribution in [-0.4, -0.2) is 53.1 Å². The van der Waals surface area contributed by atoms with E-state index in [2.05, 4.69) is 6.92 Å². The fourth-order valence-corrected chi connectivity index (χ4v) is 5.02. The van der Waals surface area contributed by atoms with Crippen molar-refractivity contribution in [3.05, 3.63) is 53.8 Å². The first-order valence-electron chi connectivity index (χ1n) is 9.19. The van der Waals surface area contributed by atoms with Crippen molar-refractivity contribution in [1.82, 2.24) is 4.31 Å². The lowest BCUT2D eigenvalue weighted by atomic mass is 10.1. The second-order valence-electron chi connectivity index (χ2n) is 6.85. The van der Waals surface area contributed by atoms with Gasteiger partial charge < -0.3 is 14.4 Å². The predicted molar refractivity (Wildman–Crippen MR) is 104 cm³/mol. The van der Waals surface area contributed by atoms with Gasteiger partial charge in [0.2, 0.25) is 10.0 Å². The van der Waals surface area contributed by atoms with Gasteiger partial charge in [0, 0.05) is 11.6 Å². The average Bonchev–Trinajstić information content (AvgIpc) is 2.73. The lowest BCUT2D eigenvalue weighted by Gasteiger charge is -2.35. The highest BCUT2D eigenvalue weighted by molar-refractivity contribution is 7.89. The van der Waals surface area contributed by atoms with Crippen LogP contribution >= 0.6 is 0 Å². The summed E-state index contributed by atoms with van der Waals surface area (Å²) in [5.74, 6) is 0.624. The quantitative estimate of drug-likeness (QED) is 0.786. The Labute approximate surface area is 165 Å². The molecule has 3 rings (SSSR count). The van der Waals surface area contributed by atoms with Crippen molar-refractivity contribution in [2.45, 2.75) is 17.9 Å². The third-order valence-corrected chi connectivity index (χ3v) is 7.23. The van der Waals surface area contributed by atoms with Crippen LogP contribution in [-0.2, 0) is 10.0 Å². The second kappa shape index (κ2) is 8.46. The Hall–Kier alpha value is -2.16. The number of methoxy groups -OCH3 is 2. The number of ether oxygens (including phenoxy) is 2. The molecule has 1 heterocycles. The molecule has 6 nitrogen and oxygen atoms in total. The van der Waals surface area contributed by atoms with Gasteiger partial charge in [-0.2, -0.15) is 4.31 Å². The van der Waals surface area contributed by atoms with Crippen molar-refractivity contribution in [3.8, 4) is 11.5 Å². The van der Waals surface area contributed by atoms with Gasteiger partial charge in [0.15, 0.2) is 11.5 Å². The zero-order valence-electron chi connectivity index (χ0n) is 16.3. The van der Waals surface area contributed by atoms with Gasteiger partial charge in [-0.05, 0) is 31.2 Å². The van der Waals surface area contributed by atoms with E-state index in [1.54, 1.807) is 18.2 Å². The number of rotatable bonds is 6. The number of nitrogens with zero attached hydrogens (tertiary/aromatic N) is 1. The maximum absolute atomic E-state index is 13.1. The third kappa shape index (κ3) is 4.14. The fourth-order valence-electron chi connectivity index (χ4n) is 3.56. The molecule has 2 aromatic rings. The van der Waals surface area contributed by atoms with E-state index in [0.29, 0.717) is 37.7 Å². The first kappa shape index (κ1) is 20.6. The van der Waals surface area contributed by atoms with Crippen LogP contribution in [0.15, 0.2) is 47.4 Å². The lowest BCUT2D eigenvalue weighted by Crippen LogP contribution is -3.14. The van der Waals surface area contributed by atoms with Crippen molar-refractivity contribution in [2.75, 3.05) is 40.4 Å². The second-order valence-corrected chi connectivity index (χ2v) is 8.79. The van der Waals surface area contributed by atoms with Crippen LogP contribution in [0.3, 0.4) is 0 Å². The molecule has 0 spiro atoms. The highest BCUT2D eigenvalue weighted by atomic mass is 32.2. The number of benzene rings is 2. The van der Waals surface area contributed by atoms with Crippen LogP contribution in [0.2, 0.25) is 0 Å². The summed E-state index contributed by atoms with van der Waals surface area (Å²) >= 11 is 0. The Balaban J connectivity index is 1.70. The molecule has 2 aromatic carbocycles. The maximum atomic E-state index is 13.1. The van der Waals surface area contributed by atoms with Gasteiger partial charge in [-0.15, -0.1) is 0 Å². The Morgan fingerprint density at radius 2 is 1.61 bits per heavy atom. The van der Waals surface area contributed by atoms with Gasteiger partial charge in [-0.1, -0.05) is 12.1 Å². The molecule has 0 bridgehead atoms. The summed E-state index contributed by atoms with van der Waals surface area (Å²) in [5, 5.41) is 0. The number of quaternary nitrogens is 1. The van der Waals surface area contributed by atoms with Gasteiger partial charge in [-0.3, -0.25) is 0 Å². The van der Waals surface area contributed by atoms with Gasteiger partial charge >= 0.3 is 0 Å². The van der Waals surface area contributed by atoms with E-state index in [9.17, 15) is 12.8 Å². The van der Waals surface area contributed by atoms with E-state index >= 15 is 0 Å². The van der Waals surface area contributed by atoms with Crippen molar-refractivity contribution >= 4 is 10.0 Å². The summed E-state index contributed by atoms with van der Waals surface area (Å²) in [7, 11) is -0.615. The van der Waals surface area contributed by atoms with E-state index in [4.69, 9.17) is 9.47 Å². The number of piperazine rings is 1. The summed E-state index contributed by atoms with van der Waals surface area (Å²) in [6.45, 7) is 4.31. The minimum atomic E-state index is -3.60. The van der Waals surface area contributed by atoms with E-state index in [1.165, 1.54) is 47.7 Å². The Morgan fingerprint density at radius 1 is 1.00 bits per heavy atom. The molecule has 0 radical (unpaired) electrons. The lowest BCUT2D eigenvalue weighted by molar-refractivity contribution is -0.933. The molecule has 0 unspecified atom stereocenters. The zero-order chi connectivity index (χ0) is 20.3. The Morgan fingerprint density at radius 3 is 2.18 bits per heavy atom. The Bertz CT molecular complexity index is 910. The molecule has 0 saturated carbocycles. The fraction of sp³-hybridized carbons (Fsp3) is 0.400. The standard InChI is InChI=1S/C20H25FN2O4S/c1-15(16-4-6-17(21)7-5-16)22-10-12-23(13-11-22)28(24,25)18-8-9-19(26-2)20(14-18)27-3/h4-9,14-15H,10-13H2,1-3H3/p+1/t15-/m1/s1. The highest BCUT2D eigenvalue weighted by Crippen LogP contribution is 2.30. The van der Waals surface area contributed by atoms with Crippen LogP contribution in [0.25, 0.3) is 0 Å². The summed E-state index contributed by atoms with van der Waals surface area (Å²) in [6, 6.07) is 11.3. The zero-order valence-corrected chi connectivity index (χ0v) is 17.1. The minimum Gasteiger partial charge on any atom is -0.493 e. The molecule has 1 N–H and O–H groups in total. The van der Waals surface area contributed by atoms with Gasteiger partial charge in [-0.25, -0.2) is 12.8 Å². The normalized spacial score (nSPS) is 17.3. The summed E-state index contributed by atoms with van der Waals surface area (Å²) in [4.78, 5) is 1.48. The molecule has 1 aliphatic heterocycles. The SMILES string of the molecule is COc1ccc(S(=O)(=O)N2CC[NH+]([C@H](C)c3ccc(F)cc3)CC2)cc1OC. The van der Waals surface area contributed by atoms with Crippen molar-refractivity contribution in [3.63, 3.8) is 0 Å². The van der Waals surface area contributed by atoms with Gasteiger partial charge in [0.05, 0.1) is 45.3 Å². The summed E-state index contributed by atoms with van der Waals surface area (Å²) < 4.78 is 51.1. The first-order chi connectivity index (χ1) is 13.4. The van der Waals surface area contributed by atoms with Crippen molar-refractivity contribution in [2.24, 2.45) is 0 Å². The van der Waals surface area contributed by atoms with Gasteiger partial charge in [0.1, 0.15) is 11.9 Å². The van der Waals surface area contributed by atoms with Crippen molar-refractivity contribution in [1.29, 1.82) is 0 Å². The van der Waals surface area contributed by atoms with E-state index in [1.807, 2.05) is 0 Å². The molecule has 1 atom stereocenters. The number of hydrogen-bond acceptors (Lipinski definition) is 4. The van der Waals surface area contributed by atoms with E-state index < -0.39 is 10.0 Å². The predicted octanol–water partition coefficient (Wildman–Crippen LogP) is 1.49. The van der Waals surface area contributed by atoms with E-state index in [0.717, 1.165) is 5.56 Å². The molecule has 1 saturated heterocycles. The monoisotopic (exact) mass is 409 g/mol. The molecule has 0 aromatic heterocycles. The molecule has 1 aliphatic rings. The maximum Gasteiger partial charge on any atom is 0.243 e. The van der Waals surface area contributed by atoms with E-state index in [-0.39, 0.29) is 16.8 Å². The van der Waals surface area contributed by atoms with Crippen LogP contribution in [0.4, 0.5) is 4.39 Å². The number of hydrogen-bond donors (Lipinski definition) is 1. The molecular formula is C20H26FN2O4S+. The molecule has 0 amide bonds. The molecule has 1 fully saturated rings. The Kier molecular flexibility index (Phi) is 6.22. The summed E-state index contributed by atoms with van der Waals surface area (Å²) in [5.41, 5.74) is 1.05. The smallest absolute Gasteiger partial charge is 0.243 e. The highest BCUT2D eigenvalue weighted by Gasteiger charge is 2.33. The van der Waals surface area contributed by atoms with Crippen LogP contribution in [0.1, 0.15) is 18.5 Å². The van der Waals surface area contributed by atoms with Crippen molar-refractivity contribution < 1.29 is 27.2 Å². The number of halogens is 1. The third-order valence-electron chi connectivity index (χ3n) is 5.34. The number of nitrogens with one attached hydrogen (secondary N) is 1. The van der Waals surface area contributed by atoms with Crippen LogP contribution in [0, 0.1) is 5.82 Å². The number of sulfonamides is 1. The van der Waals surface area contributed by atoms with Gasteiger partial charge in [0.25, 0.3) is 0 Å². The molecular weight excluding hydrogens is 383 g/mol. The average molecular weight is 410 g/mol. The molecule has 28 heavy (non-hydrogen) atoms.